The average molecular weight is 395 g/mol. The molecule has 0 aliphatic rings. The number of benzene rings is 2. The second-order valence-corrected chi connectivity index (χ2v) is 7.26. The predicted molar refractivity (Wildman–Crippen MR) is 103 cm³/mol. The van der Waals surface area contributed by atoms with Crippen molar-refractivity contribution in [1.82, 2.24) is 4.57 Å². The van der Waals surface area contributed by atoms with Crippen LogP contribution in [0.3, 0.4) is 0 Å². The van der Waals surface area contributed by atoms with E-state index in [1.54, 1.807) is 19.2 Å². The minimum Gasteiger partial charge on any atom is -0.497 e. The molecule has 0 radical (unpaired) electrons. The van der Waals surface area contributed by atoms with Gasteiger partial charge in [0.2, 0.25) is 0 Å². The van der Waals surface area contributed by atoms with Crippen molar-refractivity contribution in [3.05, 3.63) is 56.8 Å². The van der Waals surface area contributed by atoms with Gasteiger partial charge in [-0.1, -0.05) is 41.5 Å². The first-order chi connectivity index (χ1) is 12.0. The third-order valence-electron chi connectivity index (χ3n) is 3.69. The fourth-order valence-corrected chi connectivity index (χ4v) is 3.97. The van der Waals surface area contributed by atoms with E-state index in [0.29, 0.717) is 20.4 Å². The number of hydrogen-bond donors (Lipinski definition) is 0. The normalized spacial score (nSPS) is 11.9. The van der Waals surface area contributed by atoms with Gasteiger partial charge in [0.05, 0.1) is 27.9 Å². The quantitative estimate of drug-likeness (QED) is 0.612. The summed E-state index contributed by atoms with van der Waals surface area (Å²) < 4.78 is 8.33. The van der Waals surface area contributed by atoms with Gasteiger partial charge in [0.1, 0.15) is 5.75 Å². The number of amides is 1. The van der Waals surface area contributed by atoms with Gasteiger partial charge in [0, 0.05) is 11.6 Å². The summed E-state index contributed by atoms with van der Waals surface area (Å²) in [6.45, 7) is 2.85. The van der Waals surface area contributed by atoms with Crippen LogP contribution in [0.15, 0.2) is 41.4 Å². The molecule has 0 saturated heterocycles. The maximum atomic E-state index is 12.6. The van der Waals surface area contributed by atoms with Gasteiger partial charge in [-0.2, -0.15) is 4.99 Å². The Morgan fingerprint density at radius 3 is 2.76 bits per heavy atom. The summed E-state index contributed by atoms with van der Waals surface area (Å²) in [5.41, 5.74) is 1.32. The Bertz CT molecular complexity index is 1010. The van der Waals surface area contributed by atoms with Gasteiger partial charge in [-0.25, -0.2) is 0 Å². The summed E-state index contributed by atoms with van der Waals surface area (Å²) in [5.74, 6) is 0.365. The van der Waals surface area contributed by atoms with Gasteiger partial charge >= 0.3 is 0 Å². The first-order valence-electron chi connectivity index (χ1n) is 7.75. The molecule has 0 N–H and O–H groups in total. The Balaban J connectivity index is 2.15. The Morgan fingerprint density at radius 2 is 2.04 bits per heavy atom. The topological polar surface area (TPSA) is 43.6 Å². The van der Waals surface area contributed by atoms with E-state index in [4.69, 9.17) is 27.9 Å². The lowest BCUT2D eigenvalue weighted by atomic mass is 10.2. The molecule has 4 nitrogen and oxygen atoms in total. The minimum atomic E-state index is -0.407. The fraction of sp³-hybridized carbons (Fsp3) is 0.222. The molecule has 1 amide bonds. The Labute approximate surface area is 159 Å². The zero-order valence-corrected chi connectivity index (χ0v) is 16.1. The Kier molecular flexibility index (Phi) is 5.47. The van der Waals surface area contributed by atoms with Crippen LogP contribution in [0.4, 0.5) is 0 Å². The lowest BCUT2D eigenvalue weighted by Crippen LogP contribution is -2.17. The summed E-state index contributed by atoms with van der Waals surface area (Å²) in [5, 5.41) is 0.786. The molecule has 0 atom stereocenters. The van der Waals surface area contributed by atoms with Crippen LogP contribution >= 0.6 is 34.5 Å². The third kappa shape index (κ3) is 3.73. The number of ether oxygens (including phenoxy) is 1. The van der Waals surface area contributed by atoms with E-state index in [1.165, 1.54) is 17.4 Å². The first-order valence-corrected chi connectivity index (χ1v) is 9.32. The highest BCUT2D eigenvalue weighted by Crippen LogP contribution is 2.24. The van der Waals surface area contributed by atoms with Crippen LogP contribution in [-0.2, 0) is 6.54 Å². The van der Waals surface area contributed by atoms with Crippen LogP contribution in [0.5, 0.6) is 5.75 Å². The summed E-state index contributed by atoms with van der Waals surface area (Å²) in [6, 6.07) is 10.6. The standard InChI is InChI=1S/C18H16Cl2N2O2S/c1-3-8-22-15-7-5-12(24-2)10-16(15)25-18(22)21-17(23)13-9-11(19)4-6-14(13)20/h4-7,9-10H,3,8H2,1-2H3. The van der Waals surface area contributed by atoms with E-state index >= 15 is 0 Å². The van der Waals surface area contributed by atoms with Gasteiger partial charge in [0.15, 0.2) is 4.80 Å². The van der Waals surface area contributed by atoms with Crippen LogP contribution < -0.4 is 9.54 Å². The number of halogens is 2. The van der Waals surface area contributed by atoms with Gasteiger partial charge in [0.25, 0.3) is 5.91 Å². The monoisotopic (exact) mass is 394 g/mol. The number of hydrogen-bond acceptors (Lipinski definition) is 3. The molecule has 2 aromatic carbocycles. The van der Waals surface area contributed by atoms with E-state index in [1.807, 2.05) is 22.8 Å². The zero-order chi connectivity index (χ0) is 18.0. The Hall–Kier alpha value is -1.82. The van der Waals surface area contributed by atoms with Crippen LogP contribution in [0.25, 0.3) is 10.2 Å². The highest BCUT2D eigenvalue weighted by atomic mass is 35.5. The number of nitrogens with zero attached hydrogens (tertiary/aromatic N) is 2. The Morgan fingerprint density at radius 1 is 1.24 bits per heavy atom. The largest absolute Gasteiger partial charge is 0.497 e. The van der Waals surface area contributed by atoms with E-state index in [2.05, 4.69) is 11.9 Å². The van der Waals surface area contributed by atoms with E-state index in [-0.39, 0.29) is 0 Å². The molecular weight excluding hydrogens is 379 g/mol. The SMILES string of the molecule is CCCn1c(=NC(=O)c2cc(Cl)ccc2Cl)sc2cc(OC)ccc21. The molecule has 25 heavy (non-hydrogen) atoms. The number of carbonyl (C=O) groups excluding carboxylic acids is 1. The molecule has 0 aliphatic carbocycles. The van der Waals surface area contributed by atoms with Gasteiger partial charge in [-0.05, 0) is 42.8 Å². The summed E-state index contributed by atoms with van der Waals surface area (Å²) >= 11 is 13.5. The van der Waals surface area contributed by atoms with Crippen molar-refractivity contribution < 1.29 is 9.53 Å². The van der Waals surface area contributed by atoms with Gasteiger partial charge < -0.3 is 9.30 Å². The first kappa shape index (κ1) is 18.0. The van der Waals surface area contributed by atoms with Crippen molar-refractivity contribution in [2.24, 2.45) is 4.99 Å². The van der Waals surface area contributed by atoms with Crippen molar-refractivity contribution >= 4 is 50.7 Å². The molecule has 0 unspecified atom stereocenters. The lowest BCUT2D eigenvalue weighted by Gasteiger charge is -2.04. The van der Waals surface area contributed by atoms with Gasteiger partial charge in [-0.3, -0.25) is 4.79 Å². The molecule has 1 heterocycles. The summed E-state index contributed by atoms with van der Waals surface area (Å²) in [7, 11) is 1.63. The molecule has 3 rings (SSSR count). The van der Waals surface area contributed by atoms with E-state index in [0.717, 1.165) is 28.9 Å². The minimum absolute atomic E-state index is 0.298. The molecule has 0 spiro atoms. The maximum absolute atomic E-state index is 12.6. The van der Waals surface area contributed by atoms with Crippen molar-refractivity contribution in [2.75, 3.05) is 7.11 Å². The number of aromatic nitrogens is 1. The van der Waals surface area contributed by atoms with Crippen LogP contribution in [0.1, 0.15) is 23.7 Å². The lowest BCUT2D eigenvalue weighted by molar-refractivity contribution is 0.0998. The third-order valence-corrected chi connectivity index (χ3v) is 5.30. The van der Waals surface area contributed by atoms with Crippen LogP contribution in [0.2, 0.25) is 10.0 Å². The van der Waals surface area contributed by atoms with Crippen molar-refractivity contribution in [3.8, 4) is 5.75 Å². The number of fused-ring (bicyclic) bond motifs is 1. The highest BCUT2D eigenvalue weighted by molar-refractivity contribution is 7.16. The average Bonchev–Trinajstić information content (AvgIpc) is 2.93. The number of thiazole rings is 1. The molecule has 0 saturated carbocycles. The second kappa shape index (κ2) is 7.60. The summed E-state index contributed by atoms with van der Waals surface area (Å²) in [4.78, 5) is 17.5. The predicted octanol–water partition coefficient (Wildman–Crippen LogP) is 5.17. The number of carbonyl (C=O) groups is 1. The van der Waals surface area contributed by atoms with Crippen molar-refractivity contribution in [3.63, 3.8) is 0 Å². The number of methoxy groups -OCH3 is 1. The van der Waals surface area contributed by atoms with Crippen LogP contribution in [-0.4, -0.2) is 17.6 Å². The zero-order valence-electron chi connectivity index (χ0n) is 13.8. The second-order valence-electron chi connectivity index (χ2n) is 5.41. The maximum Gasteiger partial charge on any atom is 0.281 e. The van der Waals surface area contributed by atoms with E-state index in [9.17, 15) is 4.79 Å². The van der Waals surface area contributed by atoms with Gasteiger partial charge in [-0.15, -0.1) is 0 Å². The van der Waals surface area contributed by atoms with Crippen molar-refractivity contribution in [2.45, 2.75) is 19.9 Å². The molecule has 0 bridgehead atoms. The molecule has 3 aromatic rings. The van der Waals surface area contributed by atoms with Crippen LogP contribution in [0, 0.1) is 0 Å². The number of rotatable bonds is 4. The molecule has 7 heteroatoms. The highest BCUT2D eigenvalue weighted by Gasteiger charge is 2.13. The smallest absolute Gasteiger partial charge is 0.281 e. The molecular formula is C18H16Cl2N2O2S. The van der Waals surface area contributed by atoms with Crippen molar-refractivity contribution in [1.29, 1.82) is 0 Å². The molecule has 130 valence electrons. The number of aryl methyl sites for hydroxylation is 1. The molecule has 1 aromatic heterocycles. The molecule has 0 aliphatic heterocycles. The fourth-order valence-electron chi connectivity index (χ4n) is 2.51. The summed E-state index contributed by atoms with van der Waals surface area (Å²) in [6.07, 6.45) is 0.928. The molecule has 0 fully saturated rings. The van der Waals surface area contributed by atoms with E-state index < -0.39 is 5.91 Å².